The lowest BCUT2D eigenvalue weighted by molar-refractivity contribution is -0.144. The van der Waals surface area contributed by atoms with Gasteiger partial charge in [0.1, 0.15) is 11.9 Å². The number of ether oxygens (including phenoxy) is 1. The Hall–Kier alpha value is -1.46. The van der Waals surface area contributed by atoms with Crippen molar-refractivity contribution in [3.63, 3.8) is 0 Å². The van der Waals surface area contributed by atoms with E-state index in [0.717, 1.165) is 25.7 Å². The Morgan fingerprint density at radius 3 is 2.91 bits per heavy atom. The Kier molecular flexibility index (Phi) is 4.74. The van der Waals surface area contributed by atoms with Crippen LogP contribution in [-0.2, 0) is 9.53 Å². The summed E-state index contributed by atoms with van der Waals surface area (Å²) in [5, 5.41) is 0. The van der Waals surface area contributed by atoms with Gasteiger partial charge in [-0.2, -0.15) is 0 Å². The van der Waals surface area contributed by atoms with E-state index in [1.807, 2.05) is 4.90 Å². The van der Waals surface area contributed by atoms with Crippen molar-refractivity contribution in [3.8, 4) is 0 Å². The predicted octanol–water partition coefficient (Wildman–Crippen LogP) is 2.24. The molecule has 5 heteroatoms. The fraction of sp³-hybridized carbons (Fsp3) is 0.588. The number of carbonyl (C=O) groups excluding carboxylic acids is 1. The third kappa shape index (κ3) is 3.31. The van der Waals surface area contributed by atoms with Crippen LogP contribution in [0.1, 0.15) is 37.4 Å². The van der Waals surface area contributed by atoms with E-state index in [1.54, 1.807) is 18.2 Å². The number of benzene rings is 1. The SMILES string of the molecule is N[C@@H]1CCC[C@H](C(=O)N2CCO[C@H](c3ccccc3F)C2)C1. The molecule has 2 N–H and O–H groups in total. The summed E-state index contributed by atoms with van der Waals surface area (Å²) in [6, 6.07) is 6.74. The molecule has 2 fully saturated rings. The van der Waals surface area contributed by atoms with Gasteiger partial charge in [0.25, 0.3) is 0 Å². The molecular weight excluding hydrogens is 283 g/mol. The number of nitrogens with zero attached hydrogens (tertiary/aromatic N) is 1. The summed E-state index contributed by atoms with van der Waals surface area (Å²) in [5.74, 6) is -0.107. The minimum atomic E-state index is -0.379. The summed E-state index contributed by atoms with van der Waals surface area (Å²) in [5.41, 5.74) is 6.51. The van der Waals surface area contributed by atoms with Gasteiger partial charge in [-0.1, -0.05) is 24.6 Å². The highest BCUT2D eigenvalue weighted by molar-refractivity contribution is 5.79. The first-order valence-electron chi connectivity index (χ1n) is 8.05. The normalized spacial score (nSPS) is 29.4. The van der Waals surface area contributed by atoms with Crippen LogP contribution in [0.25, 0.3) is 0 Å². The zero-order valence-corrected chi connectivity index (χ0v) is 12.7. The van der Waals surface area contributed by atoms with Gasteiger partial charge < -0.3 is 15.4 Å². The van der Waals surface area contributed by atoms with Crippen LogP contribution in [0.4, 0.5) is 4.39 Å². The summed E-state index contributed by atoms with van der Waals surface area (Å²) in [7, 11) is 0. The van der Waals surface area contributed by atoms with Crippen LogP contribution in [0.2, 0.25) is 0 Å². The minimum absolute atomic E-state index is 0.0168. The Morgan fingerprint density at radius 2 is 2.14 bits per heavy atom. The van der Waals surface area contributed by atoms with Crippen LogP contribution < -0.4 is 5.73 Å². The van der Waals surface area contributed by atoms with Crippen molar-refractivity contribution in [2.45, 2.75) is 37.8 Å². The van der Waals surface area contributed by atoms with Crippen molar-refractivity contribution in [3.05, 3.63) is 35.6 Å². The molecule has 0 unspecified atom stereocenters. The van der Waals surface area contributed by atoms with Gasteiger partial charge in [0.05, 0.1) is 13.2 Å². The van der Waals surface area contributed by atoms with Gasteiger partial charge >= 0.3 is 0 Å². The second-order valence-electron chi connectivity index (χ2n) is 6.29. The first-order chi connectivity index (χ1) is 10.6. The van der Waals surface area contributed by atoms with Gasteiger partial charge in [-0.3, -0.25) is 4.79 Å². The fourth-order valence-corrected chi connectivity index (χ4v) is 3.48. The van der Waals surface area contributed by atoms with Crippen molar-refractivity contribution in [1.82, 2.24) is 4.90 Å². The maximum atomic E-state index is 13.9. The molecule has 1 amide bonds. The van der Waals surface area contributed by atoms with E-state index in [0.29, 0.717) is 25.3 Å². The molecule has 0 radical (unpaired) electrons. The topological polar surface area (TPSA) is 55.6 Å². The Morgan fingerprint density at radius 1 is 1.32 bits per heavy atom. The highest BCUT2D eigenvalue weighted by Crippen LogP contribution is 2.29. The monoisotopic (exact) mass is 306 g/mol. The predicted molar refractivity (Wildman–Crippen MR) is 81.6 cm³/mol. The van der Waals surface area contributed by atoms with E-state index in [-0.39, 0.29) is 29.8 Å². The molecule has 1 aliphatic heterocycles. The summed E-state index contributed by atoms with van der Waals surface area (Å²) in [6.45, 7) is 1.45. The first-order valence-corrected chi connectivity index (χ1v) is 8.05. The summed E-state index contributed by atoms with van der Waals surface area (Å²) >= 11 is 0. The molecule has 1 aromatic carbocycles. The van der Waals surface area contributed by atoms with Gasteiger partial charge in [0, 0.05) is 24.1 Å². The van der Waals surface area contributed by atoms with Gasteiger partial charge in [0.15, 0.2) is 0 Å². The van der Waals surface area contributed by atoms with Crippen molar-refractivity contribution < 1.29 is 13.9 Å². The molecule has 22 heavy (non-hydrogen) atoms. The van der Waals surface area contributed by atoms with E-state index in [2.05, 4.69) is 0 Å². The Labute approximate surface area is 130 Å². The van der Waals surface area contributed by atoms with Crippen LogP contribution in [0.3, 0.4) is 0 Å². The van der Waals surface area contributed by atoms with Gasteiger partial charge in [-0.25, -0.2) is 4.39 Å². The summed E-state index contributed by atoms with van der Waals surface area (Å²) < 4.78 is 19.6. The van der Waals surface area contributed by atoms with Crippen LogP contribution in [-0.4, -0.2) is 36.5 Å². The molecule has 0 spiro atoms. The second-order valence-corrected chi connectivity index (χ2v) is 6.29. The largest absolute Gasteiger partial charge is 0.370 e. The van der Waals surface area contributed by atoms with Gasteiger partial charge in [-0.15, -0.1) is 0 Å². The zero-order chi connectivity index (χ0) is 15.5. The number of halogens is 1. The number of amides is 1. The van der Waals surface area contributed by atoms with Crippen LogP contribution in [0, 0.1) is 11.7 Å². The van der Waals surface area contributed by atoms with E-state index in [4.69, 9.17) is 10.5 Å². The van der Waals surface area contributed by atoms with Crippen LogP contribution in [0.5, 0.6) is 0 Å². The second kappa shape index (κ2) is 6.75. The fourth-order valence-electron chi connectivity index (χ4n) is 3.48. The number of nitrogens with two attached hydrogens (primary N) is 1. The van der Waals surface area contributed by atoms with Gasteiger partial charge in [0.2, 0.25) is 5.91 Å². The standard InChI is InChI=1S/C17H23FN2O2/c18-15-7-2-1-6-14(15)16-11-20(8-9-22-16)17(21)12-4-3-5-13(19)10-12/h1-2,6-7,12-13,16H,3-5,8-11,19H2/t12-,13+,16-/m0/s1. The molecule has 1 aromatic rings. The van der Waals surface area contributed by atoms with Crippen molar-refractivity contribution in [1.29, 1.82) is 0 Å². The quantitative estimate of drug-likeness (QED) is 0.911. The number of morpholine rings is 1. The number of hydrogen-bond acceptors (Lipinski definition) is 3. The van der Waals surface area contributed by atoms with Crippen molar-refractivity contribution in [2.75, 3.05) is 19.7 Å². The number of rotatable bonds is 2. The molecule has 1 heterocycles. The Bertz CT molecular complexity index is 537. The first kappa shape index (κ1) is 15.4. The van der Waals surface area contributed by atoms with Crippen LogP contribution in [0.15, 0.2) is 24.3 Å². The molecule has 0 bridgehead atoms. The van der Waals surface area contributed by atoms with Crippen molar-refractivity contribution in [2.24, 2.45) is 11.7 Å². The highest BCUT2D eigenvalue weighted by Gasteiger charge is 2.33. The molecule has 2 aliphatic rings. The molecular formula is C17H23FN2O2. The highest BCUT2D eigenvalue weighted by atomic mass is 19.1. The van der Waals surface area contributed by atoms with Crippen molar-refractivity contribution >= 4 is 5.91 Å². The lowest BCUT2D eigenvalue weighted by atomic mass is 9.85. The van der Waals surface area contributed by atoms with Crippen LogP contribution >= 0.6 is 0 Å². The third-order valence-corrected chi connectivity index (χ3v) is 4.69. The molecule has 3 rings (SSSR count). The lowest BCUT2D eigenvalue weighted by Crippen LogP contribution is -2.46. The molecule has 1 aliphatic carbocycles. The molecule has 1 saturated carbocycles. The zero-order valence-electron chi connectivity index (χ0n) is 12.7. The number of hydrogen-bond donors (Lipinski definition) is 1. The minimum Gasteiger partial charge on any atom is -0.370 e. The number of carbonyl (C=O) groups is 1. The van der Waals surface area contributed by atoms with E-state index in [1.165, 1.54) is 6.07 Å². The van der Waals surface area contributed by atoms with E-state index < -0.39 is 0 Å². The molecule has 3 atom stereocenters. The Balaban J connectivity index is 1.68. The van der Waals surface area contributed by atoms with Gasteiger partial charge in [-0.05, 0) is 25.3 Å². The summed E-state index contributed by atoms with van der Waals surface area (Å²) in [4.78, 5) is 14.5. The molecule has 1 saturated heterocycles. The van der Waals surface area contributed by atoms with E-state index in [9.17, 15) is 9.18 Å². The molecule has 4 nitrogen and oxygen atoms in total. The lowest BCUT2D eigenvalue weighted by Gasteiger charge is -2.37. The molecule has 0 aromatic heterocycles. The smallest absolute Gasteiger partial charge is 0.225 e. The maximum Gasteiger partial charge on any atom is 0.225 e. The maximum absolute atomic E-state index is 13.9. The molecule has 120 valence electrons. The van der Waals surface area contributed by atoms with E-state index >= 15 is 0 Å². The third-order valence-electron chi connectivity index (χ3n) is 4.69. The summed E-state index contributed by atoms with van der Waals surface area (Å²) in [6.07, 6.45) is 3.31. The average Bonchev–Trinajstić information content (AvgIpc) is 2.55. The average molecular weight is 306 g/mol.